The van der Waals surface area contributed by atoms with Crippen LogP contribution in [0.3, 0.4) is 0 Å². The normalized spacial score (nSPS) is 10.9. The number of rotatable bonds is 5. The van der Waals surface area contributed by atoms with Crippen LogP contribution < -0.4 is 0 Å². The number of aromatic nitrogens is 2. The van der Waals surface area contributed by atoms with Crippen molar-refractivity contribution in [2.24, 2.45) is 0 Å². The van der Waals surface area contributed by atoms with E-state index >= 15 is 0 Å². The Labute approximate surface area is 147 Å². The first-order valence-corrected chi connectivity index (χ1v) is 7.98. The Balaban J connectivity index is 1.56. The molecule has 0 N–H and O–H groups in total. The second-order valence-electron chi connectivity index (χ2n) is 4.87. The summed E-state index contributed by atoms with van der Waals surface area (Å²) >= 11 is 3.37. The first kappa shape index (κ1) is 16.1. The zero-order valence-corrected chi connectivity index (χ0v) is 14.1. The van der Waals surface area contributed by atoms with Crippen LogP contribution in [-0.2, 0) is 16.1 Å². The molecule has 0 saturated carbocycles. The summed E-state index contributed by atoms with van der Waals surface area (Å²) in [6.45, 7) is -0.0680. The number of carbonyl (C=O) groups excluding carboxylic acids is 1. The maximum atomic E-state index is 11.7. The van der Waals surface area contributed by atoms with Crippen molar-refractivity contribution < 1.29 is 14.1 Å². The first-order valence-electron chi connectivity index (χ1n) is 7.19. The molecule has 2 aromatic carbocycles. The van der Waals surface area contributed by atoms with Crippen molar-refractivity contribution in [3.8, 4) is 11.4 Å². The molecule has 0 bridgehead atoms. The first-order chi connectivity index (χ1) is 11.7. The van der Waals surface area contributed by atoms with Gasteiger partial charge in [0.15, 0.2) is 6.61 Å². The molecule has 0 amide bonds. The van der Waals surface area contributed by atoms with Crippen LogP contribution in [0.2, 0.25) is 0 Å². The van der Waals surface area contributed by atoms with E-state index in [1.54, 1.807) is 6.08 Å². The third kappa shape index (κ3) is 4.39. The summed E-state index contributed by atoms with van der Waals surface area (Å²) in [6, 6.07) is 17.0. The molecule has 0 saturated heterocycles. The lowest BCUT2D eigenvalue weighted by Gasteiger charge is -1.97. The molecule has 0 atom stereocenters. The Morgan fingerprint density at radius 1 is 1.12 bits per heavy atom. The molecule has 0 fully saturated rings. The van der Waals surface area contributed by atoms with Crippen molar-refractivity contribution in [1.82, 2.24) is 10.1 Å². The molecule has 3 aromatic rings. The maximum Gasteiger partial charge on any atom is 0.331 e. The van der Waals surface area contributed by atoms with E-state index in [2.05, 4.69) is 26.1 Å². The van der Waals surface area contributed by atoms with E-state index < -0.39 is 5.97 Å². The predicted octanol–water partition coefficient (Wildman–Crippen LogP) is 4.26. The van der Waals surface area contributed by atoms with E-state index in [9.17, 15) is 4.79 Å². The van der Waals surface area contributed by atoms with Gasteiger partial charge in [0.1, 0.15) is 0 Å². The zero-order valence-electron chi connectivity index (χ0n) is 12.6. The lowest BCUT2D eigenvalue weighted by molar-refractivity contribution is -0.139. The predicted molar refractivity (Wildman–Crippen MR) is 92.7 cm³/mol. The molecule has 120 valence electrons. The largest absolute Gasteiger partial charge is 0.452 e. The smallest absolute Gasteiger partial charge is 0.331 e. The van der Waals surface area contributed by atoms with E-state index in [1.165, 1.54) is 6.08 Å². The summed E-state index contributed by atoms with van der Waals surface area (Å²) in [5.74, 6) is 0.227. The molecule has 1 heterocycles. The molecule has 0 spiro atoms. The minimum Gasteiger partial charge on any atom is -0.452 e. The van der Waals surface area contributed by atoms with Gasteiger partial charge in [-0.3, -0.25) is 0 Å². The Bertz CT molecular complexity index is 842. The van der Waals surface area contributed by atoms with Crippen LogP contribution >= 0.6 is 15.9 Å². The van der Waals surface area contributed by atoms with Crippen molar-refractivity contribution in [3.63, 3.8) is 0 Å². The fraction of sp³-hybridized carbons (Fsp3) is 0.0556. The SMILES string of the molecule is O=C(/C=C/c1ccccc1)OCc1nc(-c2ccc(Br)cc2)no1. The van der Waals surface area contributed by atoms with Crippen molar-refractivity contribution in [2.45, 2.75) is 6.61 Å². The number of halogens is 1. The van der Waals surface area contributed by atoms with Crippen molar-refractivity contribution in [3.05, 3.63) is 76.6 Å². The molecule has 6 heteroatoms. The highest BCUT2D eigenvalue weighted by molar-refractivity contribution is 9.10. The van der Waals surface area contributed by atoms with Gasteiger partial charge in [-0.05, 0) is 35.9 Å². The number of ether oxygens (including phenoxy) is 1. The average Bonchev–Trinajstić information content (AvgIpc) is 3.09. The van der Waals surface area contributed by atoms with Gasteiger partial charge in [0.05, 0.1) is 0 Å². The summed E-state index contributed by atoms with van der Waals surface area (Å²) in [5.41, 5.74) is 1.74. The fourth-order valence-corrected chi connectivity index (χ4v) is 2.20. The minimum atomic E-state index is -0.470. The standard InChI is InChI=1S/C18H13BrN2O3/c19-15-9-7-14(8-10-15)18-20-16(24-21-18)12-23-17(22)11-6-13-4-2-1-3-5-13/h1-11H,12H2/b11-6+. The molecule has 0 aliphatic rings. The van der Waals surface area contributed by atoms with Gasteiger partial charge in [-0.15, -0.1) is 0 Å². The van der Waals surface area contributed by atoms with Crippen LogP contribution in [0.15, 0.2) is 69.7 Å². The Morgan fingerprint density at radius 3 is 2.62 bits per heavy atom. The average molecular weight is 385 g/mol. The third-order valence-electron chi connectivity index (χ3n) is 3.12. The van der Waals surface area contributed by atoms with E-state index in [0.29, 0.717) is 5.82 Å². The lowest BCUT2D eigenvalue weighted by Crippen LogP contribution is -2.00. The Morgan fingerprint density at radius 2 is 1.88 bits per heavy atom. The number of nitrogens with zero attached hydrogens (tertiary/aromatic N) is 2. The number of carbonyl (C=O) groups is 1. The van der Waals surface area contributed by atoms with E-state index in [-0.39, 0.29) is 12.5 Å². The quantitative estimate of drug-likeness (QED) is 0.485. The van der Waals surface area contributed by atoms with E-state index in [4.69, 9.17) is 9.26 Å². The summed E-state index contributed by atoms with van der Waals surface area (Å²) in [7, 11) is 0. The molecule has 3 rings (SSSR count). The number of hydrogen-bond donors (Lipinski definition) is 0. The molecular weight excluding hydrogens is 372 g/mol. The summed E-state index contributed by atoms with van der Waals surface area (Å²) in [5, 5.41) is 3.88. The van der Waals surface area contributed by atoms with E-state index in [0.717, 1.165) is 15.6 Å². The van der Waals surface area contributed by atoms with Crippen LogP contribution in [0.25, 0.3) is 17.5 Å². The van der Waals surface area contributed by atoms with Crippen molar-refractivity contribution >= 4 is 28.0 Å². The van der Waals surface area contributed by atoms with Gasteiger partial charge in [-0.25, -0.2) is 4.79 Å². The second kappa shape index (κ2) is 7.70. The van der Waals surface area contributed by atoms with Gasteiger partial charge in [0.2, 0.25) is 5.82 Å². The van der Waals surface area contributed by atoms with Gasteiger partial charge in [-0.1, -0.05) is 51.4 Å². The van der Waals surface area contributed by atoms with Crippen LogP contribution in [0.1, 0.15) is 11.5 Å². The van der Waals surface area contributed by atoms with Gasteiger partial charge < -0.3 is 9.26 Å². The summed E-state index contributed by atoms with van der Waals surface area (Å²) in [6.07, 6.45) is 3.05. The van der Waals surface area contributed by atoms with Crippen LogP contribution in [0.5, 0.6) is 0 Å². The summed E-state index contributed by atoms with van der Waals surface area (Å²) < 4.78 is 11.1. The molecule has 0 unspecified atom stereocenters. The maximum absolute atomic E-state index is 11.7. The highest BCUT2D eigenvalue weighted by atomic mass is 79.9. The van der Waals surface area contributed by atoms with Gasteiger partial charge in [0, 0.05) is 16.1 Å². The molecule has 1 aromatic heterocycles. The second-order valence-corrected chi connectivity index (χ2v) is 5.79. The lowest BCUT2D eigenvalue weighted by atomic mass is 10.2. The van der Waals surface area contributed by atoms with Gasteiger partial charge in [0.25, 0.3) is 5.89 Å². The Kier molecular flexibility index (Phi) is 5.18. The fourth-order valence-electron chi connectivity index (χ4n) is 1.94. The zero-order chi connectivity index (χ0) is 16.8. The summed E-state index contributed by atoms with van der Waals surface area (Å²) in [4.78, 5) is 15.9. The van der Waals surface area contributed by atoms with Crippen molar-refractivity contribution in [2.75, 3.05) is 0 Å². The number of esters is 1. The van der Waals surface area contributed by atoms with Crippen LogP contribution in [0, 0.1) is 0 Å². The number of hydrogen-bond acceptors (Lipinski definition) is 5. The molecule has 0 aliphatic carbocycles. The Hall–Kier alpha value is -2.73. The minimum absolute atomic E-state index is 0.0680. The highest BCUT2D eigenvalue weighted by Crippen LogP contribution is 2.19. The highest BCUT2D eigenvalue weighted by Gasteiger charge is 2.10. The van der Waals surface area contributed by atoms with Gasteiger partial charge >= 0.3 is 5.97 Å². The molecule has 24 heavy (non-hydrogen) atoms. The molecule has 5 nitrogen and oxygen atoms in total. The monoisotopic (exact) mass is 384 g/mol. The van der Waals surface area contributed by atoms with Crippen molar-refractivity contribution in [1.29, 1.82) is 0 Å². The third-order valence-corrected chi connectivity index (χ3v) is 3.65. The molecule has 0 aliphatic heterocycles. The van der Waals surface area contributed by atoms with E-state index in [1.807, 2.05) is 54.6 Å². The van der Waals surface area contributed by atoms with Crippen LogP contribution in [0.4, 0.5) is 0 Å². The van der Waals surface area contributed by atoms with Crippen LogP contribution in [-0.4, -0.2) is 16.1 Å². The topological polar surface area (TPSA) is 65.2 Å². The molecular formula is C18H13BrN2O3. The van der Waals surface area contributed by atoms with Gasteiger partial charge in [-0.2, -0.15) is 4.98 Å². The molecule has 0 radical (unpaired) electrons. The number of benzene rings is 2.